The number of ether oxygens (including phenoxy) is 2. The normalized spacial score (nSPS) is 14.5. The molecule has 0 unspecified atom stereocenters. The van der Waals surface area contributed by atoms with Gasteiger partial charge in [0.15, 0.2) is 0 Å². The Morgan fingerprint density at radius 1 is 1.00 bits per heavy atom. The second kappa shape index (κ2) is 7.58. The topological polar surface area (TPSA) is 94.2 Å². The van der Waals surface area contributed by atoms with Crippen LogP contribution in [0.1, 0.15) is 59.1 Å². The minimum absolute atomic E-state index is 0.295. The molecule has 0 heterocycles. The lowest BCUT2D eigenvalue weighted by Crippen LogP contribution is -2.45. The Morgan fingerprint density at radius 3 is 2.19 bits per heavy atom. The van der Waals surface area contributed by atoms with Gasteiger partial charge in [0.05, 0.1) is 5.69 Å². The maximum atomic E-state index is 12.8. The number of carbonyl (C=O) groups excluding carboxylic acids is 2. The highest BCUT2D eigenvalue weighted by atomic mass is 16.6. The summed E-state index contributed by atoms with van der Waals surface area (Å²) in [5, 5.41) is 0. The monoisotopic (exact) mass is 375 g/mol. The maximum absolute atomic E-state index is 12.8. The fourth-order valence-corrected chi connectivity index (χ4v) is 2.76. The first kappa shape index (κ1) is 20.7. The van der Waals surface area contributed by atoms with Crippen molar-refractivity contribution in [3.63, 3.8) is 0 Å². The summed E-state index contributed by atoms with van der Waals surface area (Å²) in [7, 11) is 0. The van der Waals surface area contributed by atoms with Crippen LogP contribution in [0.4, 0.5) is 15.3 Å². The van der Waals surface area contributed by atoms with Gasteiger partial charge in [0.25, 0.3) is 0 Å². The number of aryl methyl sites for hydroxylation is 2. The van der Waals surface area contributed by atoms with Crippen molar-refractivity contribution in [2.24, 2.45) is 10.7 Å². The van der Waals surface area contributed by atoms with Gasteiger partial charge in [-0.15, -0.1) is 4.99 Å². The molecule has 27 heavy (non-hydrogen) atoms. The molecule has 0 saturated heterocycles. The summed E-state index contributed by atoms with van der Waals surface area (Å²) in [6.45, 7) is 10.4. The summed E-state index contributed by atoms with van der Waals surface area (Å²) in [4.78, 5) is 29.6. The van der Waals surface area contributed by atoms with Crippen molar-refractivity contribution in [2.75, 3.05) is 4.90 Å². The van der Waals surface area contributed by atoms with Crippen LogP contribution in [-0.2, 0) is 22.3 Å². The van der Waals surface area contributed by atoms with Gasteiger partial charge < -0.3 is 15.2 Å². The third-order valence-corrected chi connectivity index (χ3v) is 3.74. The van der Waals surface area contributed by atoms with Crippen LogP contribution in [0.5, 0.6) is 0 Å². The van der Waals surface area contributed by atoms with Crippen molar-refractivity contribution < 1.29 is 19.1 Å². The van der Waals surface area contributed by atoms with Crippen molar-refractivity contribution in [1.82, 2.24) is 0 Å². The lowest BCUT2D eigenvalue weighted by molar-refractivity contribution is 0.0601. The molecule has 7 heteroatoms. The predicted molar refractivity (Wildman–Crippen MR) is 105 cm³/mol. The van der Waals surface area contributed by atoms with E-state index in [1.165, 1.54) is 5.56 Å². The molecule has 2 N–H and O–H groups in total. The molecule has 2 rings (SSSR count). The van der Waals surface area contributed by atoms with Crippen LogP contribution in [0.3, 0.4) is 0 Å². The number of carbonyl (C=O) groups is 2. The van der Waals surface area contributed by atoms with Crippen molar-refractivity contribution in [1.29, 1.82) is 0 Å². The number of nitrogens with zero attached hydrogens (tertiary/aromatic N) is 2. The Morgan fingerprint density at radius 2 is 1.59 bits per heavy atom. The molecule has 0 spiro atoms. The molecule has 0 radical (unpaired) electrons. The van der Waals surface area contributed by atoms with Gasteiger partial charge in [0, 0.05) is 0 Å². The largest absolute Gasteiger partial charge is 0.443 e. The number of guanidine groups is 1. The van der Waals surface area contributed by atoms with E-state index in [4.69, 9.17) is 15.2 Å². The third-order valence-electron chi connectivity index (χ3n) is 3.74. The van der Waals surface area contributed by atoms with Crippen LogP contribution in [0.25, 0.3) is 0 Å². The number of anilines is 1. The molecule has 1 aromatic rings. The lowest BCUT2D eigenvalue weighted by atomic mass is 10.1. The van der Waals surface area contributed by atoms with Gasteiger partial charge in [0.2, 0.25) is 5.96 Å². The number of hydrogen-bond acceptors (Lipinski definition) is 4. The average Bonchev–Trinajstić information content (AvgIpc) is 2.90. The van der Waals surface area contributed by atoms with Crippen molar-refractivity contribution in [3.05, 3.63) is 29.3 Å². The summed E-state index contributed by atoms with van der Waals surface area (Å²) < 4.78 is 10.6. The number of hydrogen-bond donors (Lipinski definition) is 1. The predicted octanol–water partition coefficient (Wildman–Crippen LogP) is 4.17. The number of aliphatic imine (C=N–C) groups is 1. The van der Waals surface area contributed by atoms with E-state index < -0.39 is 23.4 Å². The molecule has 0 fully saturated rings. The van der Waals surface area contributed by atoms with Crippen LogP contribution >= 0.6 is 0 Å². The fraction of sp³-hybridized carbons (Fsp3) is 0.550. The lowest BCUT2D eigenvalue weighted by Gasteiger charge is -2.27. The first-order valence-corrected chi connectivity index (χ1v) is 9.08. The van der Waals surface area contributed by atoms with E-state index in [2.05, 4.69) is 4.99 Å². The summed E-state index contributed by atoms with van der Waals surface area (Å²) in [6, 6.07) is 5.64. The van der Waals surface area contributed by atoms with Gasteiger partial charge in [-0.1, -0.05) is 6.07 Å². The summed E-state index contributed by atoms with van der Waals surface area (Å²) in [5.74, 6) is -0.295. The van der Waals surface area contributed by atoms with Gasteiger partial charge in [-0.25, -0.2) is 14.5 Å². The SMILES string of the molecule is CC(C)(C)OC(=O)N=C(N)N(C(=O)OC(C)(C)C)c1ccc2c(c1)CCC2. The van der Waals surface area contributed by atoms with Gasteiger partial charge in [-0.2, -0.15) is 0 Å². The zero-order valence-electron chi connectivity index (χ0n) is 17.0. The number of benzene rings is 1. The van der Waals surface area contributed by atoms with E-state index in [-0.39, 0.29) is 5.96 Å². The summed E-state index contributed by atoms with van der Waals surface area (Å²) in [6.07, 6.45) is 1.46. The summed E-state index contributed by atoms with van der Waals surface area (Å²) in [5.41, 5.74) is 7.49. The molecule has 2 amide bonds. The Balaban J connectivity index is 2.37. The minimum atomic E-state index is -0.866. The molecule has 1 aromatic carbocycles. The van der Waals surface area contributed by atoms with Crippen LogP contribution in [0.2, 0.25) is 0 Å². The first-order chi connectivity index (χ1) is 12.4. The zero-order chi connectivity index (χ0) is 20.4. The van der Waals surface area contributed by atoms with Crippen molar-refractivity contribution >= 4 is 23.8 Å². The minimum Gasteiger partial charge on any atom is -0.443 e. The second-order valence-corrected chi connectivity index (χ2v) is 8.57. The number of nitrogens with two attached hydrogens (primary N) is 1. The molecule has 0 atom stereocenters. The smallest absolute Gasteiger partial charge is 0.437 e. The molecular formula is C20H29N3O4. The molecule has 148 valence electrons. The van der Waals surface area contributed by atoms with Crippen LogP contribution in [-0.4, -0.2) is 29.3 Å². The number of amides is 2. The first-order valence-electron chi connectivity index (χ1n) is 9.08. The molecule has 0 bridgehead atoms. The molecule has 1 aliphatic rings. The zero-order valence-corrected chi connectivity index (χ0v) is 17.0. The highest BCUT2D eigenvalue weighted by Gasteiger charge is 2.28. The Hall–Kier alpha value is -2.57. The van der Waals surface area contributed by atoms with Crippen molar-refractivity contribution in [3.8, 4) is 0 Å². The fourth-order valence-electron chi connectivity index (χ4n) is 2.76. The van der Waals surface area contributed by atoms with Gasteiger partial charge in [0.1, 0.15) is 11.2 Å². The Kier molecular flexibility index (Phi) is 5.82. The van der Waals surface area contributed by atoms with Crippen LogP contribution < -0.4 is 10.6 Å². The number of fused-ring (bicyclic) bond motifs is 1. The van der Waals surface area contributed by atoms with E-state index in [0.29, 0.717) is 5.69 Å². The van der Waals surface area contributed by atoms with Crippen molar-refractivity contribution in [2.45, 2.75) is 72.0 Å². The van der Waals surface area contributed by atoms with Gasteiger partial charge >= 0.3 is 12.2 Å². The van der Waals surface area contributed by atoms with E-state index in [1.54, 1.807) is 47.6 Å². The molecule has 1 aliphatic carbocycles. The Bertz CT molecular complexity index is 757. The standard InChI is InChI=1S/C20H29N3O4/c1-19(2,3)26-17(24)22-16(21)23(18(25)27-20(4,5)6)15-11-10-13-8-7-9-14(13)12-15/h10-12H,7-9H2,1-6H3,(H2,21,22,24). The average molecular weight is 375 g/mol. The maximum Gasteiger partial charge on any atom is 0.437 e. The molecule has 0 aromatic heterocycles. The van der Waals surface area contributed by atoms with Gasteiger partial charge in [-0.3, -0.25) is 0 Å². The quantitative estimate of drug-likeness (QED) is 0.587. The van der Waals surface area contributed by atoms with Gasteiger partial charge in [-0.05, 0) is 84.1 Å². The van der Waals surface area contributed by atoms with E-state index in [1.807, 2.05) is 12.1 Å². The Labute approximate surface area is 160 Å². The highest BCUT2D eigenvalue weighted by molar-refractivity contribution is 6.15. The third kappa shape index (κ3) is 5.98. The molecule has 0 saturated carbocycles. The molecule has 0 aliphatic heterocycles. The van der Waals surface area contributed by atoms with E-state index in [9.17, 15) is 9.59 Å². The van der Waals surface area contributed by atoms with E-state index in [0.717, 1.165) is 29.7 Å². The van der Waals surface area contributed by atoms with Crippen LogP contribution in [0.15, 0.2) is 23.2 Å². The number of rotatable bonds is 1. The molecule has 7 nitrogen and oxygen atoms in total. The second-order valence-electron chi connectivity index (χ2n) is 8.57. The summed E-state index contributed by atoms with van der Waals surface area (Å²) >= 11 is 0. The highest BCUT2D eigenvalue weighted by Crippen LogP contribution is 2.28. The molecular weight excluding hydrogens is 346 g/mol. The van der Waals surface area contributed by atoms with E-state index >= 15 is 0 Å². The van der Waals surface area contributed by atoms with Crippen LogP contribution in [0, 0.1) is 0 Å².